The van der Waals surface area contributed by atoms with Crippen molar-refractivity contribution in [3.63, 3.8) is 0 Å². The summed E-state index contributed by atoms with van der Waals surface area (Å²) >= 11 is 0. The van der Waals surface area contributed by atoms with Crippen LogP contribution >= 0.6 is 0 Å². The van der Waals surface area contributed by atoms with E-state index in [-0.39, 0.29) is 16.7 Å². The lowest BCUT2D eigenvalue weighted by Crippen LogP contribution is -2.40. The average molecular weight is 366 g/mol. The van der Waals surface area contributed by atoms with Crippen LogP contribution in [0.5, 0.6) is 0 Å². The third-order valence-electron chi connectivity index (χ3n) is 4.99. The fourth-order valence-electron chi connectivity index (χ4n) is 3.77. The van der Waals surface area contributed by atoms with Crippen molar-refractivity contribution in [1.29, 1.82) is 0 Å². The molecule has 3 heterocycles. The number of piperidine rings is 2. The quantitative estimate of drug-likeness (QED) is 0.848. The average Bonchev–Trinajstić information content (AvgIpc) is 2.62. The molecule has 3 rings (SSSR count). The van der Waals surface area contributed by atoms with E-state index < -0.39 is 10.0 Å². The largest absolute Gasteiger partial charge is 0.370 e. The maximum atomic E-state index is 13.1. The number of primary amides is 1. The number of sulfonamides is 1. The topological polar surface area (TPSA) is 96.6 Å². The normalized spacial score (nSPS) is 22.7. The van der Waals surface area contributed by atoms with Crippen LogP contribution in [0.2, 0.25) is 0 Å². The number of carbonyl (C=O) groups excluding carboxylic acids is 1. The molecule has 7 nitrogen and oxygen atoms in total. The fourth-order valence-corrected chi connectivity index (χ4v) is 5.45. The van der Waals surface area contributed by atoms with Crippen molar-refractivity contribution in [3.05, 3.63) is 18.3 Å². The molecule has 0 spiro atoms. The van der Waals surface area contributed by atoms with Crippen molar-refractivity contribution in [2.45, 2.75) is 43.4 Å². The zero-order chi connectivity index (χ0) is 17.9. The number of nitrogens with zero attached hydrogens (tertiary/aromatic N) is 3. The highest BCUT2D eigenvalue weighted by molar-refractivity contribution is 7.89. The Labute approximate surface area is 149 Å². The first-order chi connectivity index (χ1) is 12.0. The minimum atomic E-state index is -3.55. The van der Waals surface area contributed by atoms with Gasteiger partial charge < -0.3 is 10.6 Å². The lowest BCUT2D eigenvalue weighted by Gasteiger charge is -2.35. The summed E-state index contributed by atoms with van der Waals surface area (Å²) in [7, 11) is -3.55. The Morgan fingerprint density at radius 1 is 1.20 bits per heavy atom. The summed E-state index contributed by atoms with van der Waals surface area (Å²) in [6.45, 7) is 2.50. The van der Waals surface area contributed by atoms with Gasteiger partial charge in [-0.25, -0.2) is 13.4 Å². The van der Waals surface area contributed by atoms with Crippen LogP contribution in [-0.2, 0) is 14.8 Å². The summed E-state index contributed by atoms with van der Waals surface area (Å²) in [6.07, 6.45) is 6.67. The molecule has 0 aliphatic carbocycles. The van der Waals surface area contributed by atoms with Gasteiger partial charge in [-0.1, -0.05) is 6.42 Å². The van der Waals surface area contributed by atoms with Crippen molar-refractivity contribution in [2.24, 2.45) is 11.7 Å². The first kappa shape index (κ1) is 18.1. The summed E-state index contributed by atoms with van der Waals surface area (Å²) in [5.41, 5.74) is 5.33. The molecular formula is C17H26N4O3S. The molecule has 1 aromatic heterocycles. The molecule has 1 atom stereocenters. The molecule has 2 aliphatic heterocycles. The van der Waals surface area contributed by atoms with E-state index in [0.717, 1.165) is 38.6 Å². The van der Waals surface area contributed by atoms with E-state index in [1.54, 1.807) is 22.6 Å². The monoisotopic (exact) mass is 366 g/mol. The number of pyridine rings is 1. The Kier molecular flexibility index (Phi) is 5.58. The van der Waals surface area contributed by atoms with Gasteiger partial charge >= 0.3 is 0 Å². The predicted octanol–water partition coefficient (Wildman–Crippen LogP) is 1.35. The van der Waals surface area contributed by atoms with Gasteiger partial charge in [0.2, 0.25) is 15.9 Å². The maximum Gasteiger partial charge on any atom is 0.246 e. The molecule has 2 aliphatic rings. The van der Waals surface area contributed by atoms with Gasteiger partial charge in [-0.05, 0) is 43.7 Å². The van der Waals surface area contributed by atoms with E-state index in [1.165, 1.54) is 0 Å². The van der Waals surface area contributed by atoms with Gasteiger partial charge in [-0.2, -0.15) is 4.31 Å². The number of nitrogens with two attached hydrogens (primary N) is 1. The molecular weight excluding hydrogens is 340 g/mol. The van der Waals surface area contributed by atoms with Crippen LogP contribution < -0.4 is 10.6 Å². The van der Waals surface area contributed by atoms with Crippen molar-refractivity contribution >= 4 is 21.7 Å². The molecule has 25 heavy (non-hydrogen) atoms. The summed E-state index contributed by atoms with van der Waals surface area (Å²) < 4.78 is 27.8. The number of rotatable bonds is 5. The Morgan fingerprint density at radius 2 is 1.96 bits per heavy atom. The van der Waals surface area contributed by atoms with E-state index in [0.29, 0.717) is 31.9 Å². The highest BCUT2D eigenvalue weighted by atomic mass is 32.2. The molecule has 138 valence electrons. The molecule has 0 bridgehead atoms. The number of aromatic nitrogens is 1. The molecule has 1 aromatic rings. The van der Waals surface area contributed by atoms with Crippen LogP contribution in [0.1, 0.15) is 38.5 Å². The zero-order valence-electron chi connectivity index (χ0n) is 14.4. The smallest absolute Gasteiger partial charge is 0.246 e. The standard InChI is InChI=1S/C17H26N4O3S/c18-16(22)12-14-6-5-9-20(13-14)17-15(7-4-8-19-17)25(23,24)21-10-2-1-3-11-21/h4,7-8,14H,1-3,5-6,9-13H2,(H2,18,22). The lowest BCUT2D eigenvalue weighted by molar-refractivity contribution is -0.118. The third-order valence-corrected chi connectivity index (χ3v) is 6.91. The minimum Gasteiger partial charge on any atom is -0.370 e. The second-order valence-corrected chi connectivity index (χ2v) is 8.82. The number of hydrogen-bond acceptors (Lipinski definition) is 5. The van der Waals surface area contributed by atoms with Crippen LogP contribution in [-0.4, -0.2) is 49.8 Å². The van der Waals surface area contributed by atoms with Crippen LogP contribution in [0.25, 0.3) is 0 Å². The van der Waals surface area contributed by atoms with Gasteiger partial charge in [-0.3, -0.25) is 4.79 Å². The highest BCUT2D eigenvalue weighted by Crippen LogP contribution is 2.31. The summed E-state index contributed by atoms with van der Waals surface area (Å²) in [6, 6.07) is 3.31. The number of anilines is 1. The lowest BCUT2D eigenvalue weighted by atomic mass is 9.94. The summed E-state index contributed by atoms with van der Waals surface area (Å²) in [5, 5.41) is 0. The van der Waals surface area contributed by atoms with Crippen LogP contribution in [0.15, 0.2) is 23.2 Å². The molecule has 2 N–H and O–H groups in total. The van der Waals surface area contributed by atoms with E-state index in [9.17, 15) is 13.2 Å². The number of carbonyl (C=O) groups is 1. The van der Waals surface area contributed by atoms with Crippen molar-refractivity contribution < 1.29 is 13.2 Å². The predicted molar refractivity (Wildman–Crippen MR) is 95.6 cm³/mol. The van der Waals surface area contributed by atoms with Gasteiger partial charge in [0.1, 0.15) is 10.7 Å². The third kappa shape index (κ3) is 4.12. The molecule has 1 amide bonds. The van der Waals surface area contributed by atoms with Crippen molar-refractivity contribution in [1.82, 2.24) is 9.29 Å². The Bertz CT molecular complexity index is 716. The van der Waals surface area contributed by atoms with Gasteiger partial charge in [0.15, 0.2) is 0 Å². The SMILES string of the molecule is NC(=O)CC1CCCN(c2ncccc2S(=O)(=O)N2CCCCC2)C1. The summed E-state index contributed by atoms with van der Waals surface area (Å²) in [5.74, 6) is 0.343. The Hall–Kier alpha value is -1.67. The highest BCUT2D eigenvalue weighted by Gasteiger charge is 2.32. The van der Waals surface area contributed by atoms with Gasteiger partial charge in [-0.15, -0.1) is 0 Å². The van der Waals surface area contributed by atoms with E-state index >= 15 is 0 Å². The number of hydrogen-bond donors (Lipinski definition) is 1. The van der Waals surface area contributed by atoms with Crippen molar-refractivity contribution in [3.8, 4) is 0 Å². The van der Waals surface area contributed by atoms with E-state index in [4.69, 9.17) is 5.73 Å². The van der Waals surface area contributed by atoms with Crippen LogP contribution in [0, 0.1) is 5.92 Å². The van der Waals surface area contributed by atoms with Gasteiger partial charge in [0.25, 0.3) is 0 Å². The molecule has 0 aromatic carbocycles. The van der Waals surface area contributed by atoms with Crippen LogP contribution in [0.3, 0.4) is 0 Å². The number of amides is 1. The van der Waals surface area contributed by atoms with E-state index in [1.807, 2.05) is 4.90 Å². The Morgan fingerprint density at radius 3 is 2.68 bits per heavy atom. The second-order valence-electron chi connectivity index (χ2n) is 6.91. The van der Waals surface area contributed by atoms with Gasteiger partial charge in [0.05, 0.1) is 0 Å². The Balaban J connectivity index is 1.86. The first-order valence-electron chi connectivity index (χ1n) is 8.97. The molecule has 2 fully saturated rings. The maximum absolute atomic E-state index is 13.1. The zero-order valence-corrected chi connectivity index (χ0v) is 15.2. The fraction of sp³-hybridized carbons (Fsp3) is 0.647. The molecule has 0 saturated carbocycles. The molecule has 2 saturated heterocycles. The molecule has 0 radical (unpaired) electrons. The minimum absolute atomic E-state index is 0.152. The molecule has 8 heteroatoms. The van der Waals surface area contributed by atoms with Crippen molar-refractivity contribution in [2.75, 3.05) is 31.1 Å². The summed E-state index contributed by atoms with van der Waals surface area (Å²) in [4.78, 5) is 17.9. The first-order valence-corrected chi connectivity index (χ1v) is 10.4. The molecule has 1 unspecified atom stereocenters. The van der Waals surface area contributed by atoms with E-state index in [2.05, 4.69) is 4.98 Å². The second kappa shape index (κ2) is 7.70. The van der Waals surface area contributed by atoms with Gasteiger partial charge in [0, 0.05) is 38.8 Å². The van der Waals surface area contributed by atoms with Crippen LogP contribution in [0.4, 0.5) is 5.82 Å².